The molecule has 0 fully saturated rings. The lowest BCUT2D eigenvalue weighted by molar-refractivity contribution is 0.0688. The summed E-state index contributed by atoms with van der Waals surface area (Å²) < 4.78 is 24.2. The minimum absolute atomic E-state index is 0.0834. The Bertz CT molecular complexity index is 429. The summed E-state index contributed by atoms with van der Waals surface area (Å²) in [5.74, 6) is -1.39. The SMILES string of the molecule is O=C(O)c1[nH]c(=O)c(C(F)F)cc1Br. The Labute approximate surface area is 84.7 Å². The second-order valence-corrected chi connectivity index (χ2v) is 3.24. The van der Waals surface area contributed by atoms with Crippen molar-refractivity contribution in [2.75, 3.05) is 0 Å². The Kier molecular flexibility index (Phi) is 3.00. The minimum Gasteiger partial charge on any atom is -0.477 e. The fourth-order valence-electron chi connectivity index (χ4n) is 0.837. The zero-order chi connectivity index (χ0) is 10.9. The summed E-state index contributed by atoms with van der Waals surface area (Å²) in [6.07, 6.45) is -2.93. The monoisotopic (exact) mass is 267 g/mol. The summed E-state index contributed by atoms with van der Waals surface area (Å²) in [5.41, 5.74) is -2.30. The first-order chi connectivity index (χ1) is 6.43. The Morgan fingerprint density at radius 3 is 2.57 bits per heavy atom. The Balaban J connectivity index is 3.39. The molecule has 0 aromatic carbocycles. The first-order valence-corrected chi connectivity index (χ1v) is 4.17. The van der Waals surface area contributed by atoms with Gasteiger partial charge in [0, 0.05) is 4.47 Å². The second kappa shape index (κ2) is 3.87. The van der Waals surface area contributed by atoms with Crippen LogP contribution in [0.1, 0.15) is 22.5 Å². The predicted molar refractivity (Wildman–Crippen MR) is 46.7 cm³/mol. The molecule has 4 nitrogen and oxygen atoms in total. The van der Waals surface area contributed by atoms with E-state index in [2.05, 4.69) is 15.9 Å². The van der Waals surface area contributed by atoms with E-state index in [1.54, 1.807) is 0 Å². The molecule has 1 aromatic rings. The molecule has 1 heterocycles. The van der Waals surface area contributed by atoms with Crippen LogP contribution in [0, 0.1) is 0 Å². The summed E-state index contributed by atoms with van der Waals surface area (Å²) >= 11 is 2.77. The third-order valence-corrected chi connectivity index (χ3v) is 2.10. The van der Waals surface area contributed by atoms with E-state index in [1.807, 2.05) is 4.98 Å². The predicted octanol–water partition coefficient (Wildman–Crippen LogP) is 1.77. The molecule has 0 aliphatic rings. The number of hydrogen-bond acceptors (Lipinski definition) is 2. The maximum atomic E-state index is 12.2. The van der Waals surface area contributed by atoms with Gasteiger partial charge in [0.1, 0.15) is 5.69 Å². The number of rotatable bonds is 2. The van der Waals surface area contributed by atoms with Crippen LogP contribution in [0.3, 0.4) is 0 Å². The smallest absolute Gasteiger partial charge is 0.353 e. The summed E-state index contributed by atoms with van der Waals surface area (Å²) in [6, 6.07) is 0.799. The van der Waals surface area contributed by atoms with Gasteiger partial charge >= 0.3 is 5.97 Å². The van der Waals surface area contributed by atoms with E-state index < -0.39 is 29.2 Å². The van der Waals surface area contributed by atoms with Crippen LogP contribution in [0.4, 0.5) is 8.78 Å². The van der Waals surface area contributed by atoms with Crippen molar-refractivity contribution in [3.05, 3.63) is 32.2 Å². The maximum absolute atomic E-state index is 12.2. The molecule has 76 valence electrons. The van der Waals surface area contributed by atoms with Crippen molar-refractivity contribution in [1.29, 1.82) is 0 Å². The van der Waals surface area contributed by atoms with E-state index in [1.165, 1.54) is 0 Å². The number of carbonyl (C=O) groups is 1. The zero-order valence-corrected chi connectivity index (χ0v) is 8.14. The normalized spacial score (nSPS) is 10.6. The molecular weight excluding hydrogens is 264 g/mol. The summed E-state index contributed by atoms with van der Waals surface area (Å²) in [4.78, 5) is 23.2. The number of halogens is 3. The van der Waals surface area contributed by atoms with Crippen LogP contribution in [0.2, 0.25) is 0 Å². The molecule has 1 aromatic heterocycles. The van der Waals surface area contributed by atoms with Crippen molar-refractivity contribution >= 4 is 21.9 Å². The number of carboxylic acids is 1. The average Bonchev–Trinajstić information content (AvgIpc) is 2.07. The molecule has 0 unspecified atom stereocenters. The topological polar surface area (TPSA) is 70.2 Å². The lowest BCUT2D eigenvalue weighted by Gasteiger charge is -2.02. The van der Waals surface area contributed by atoms with Crippen LogP contribution in [-0.2, 0) is 0 Å². The van der Waals surface area contributed by atoms with Crippen molar-refractivity contribution in [2.24, 2.45) is 0 Å². The van der Waals surface area contributed by atoms with Gasteiger partial charge in [-0.15, -0.1) is 0 Å². The third-order valence-electron chi connectivity index (χ3n) is 1.47. The van der Waals surface area contributed by atoms with Crippen LogP contribution in [-0.4, -0.2) is 16.1 Å². The lowest BCUT2D eigenvalue weighted by atomic mass is 10.2. The maximum Gasteiger partial charge on any atom is 0.353 e. The van der Waals surface area contributed by atoms with Gasteiger partial charge in [-0.25, -0.2) is 13.6 Å². The van der Waals surface area contributed by atoms with Gasteiger partial charge in [-0.05, 0) is 22.0 Å². The summed E-state index contributed by atoms with van der Waals surface area (Å²) in [6.45, 7) is 0. The highest BCUT2D eigenvalue weighted by atomic mass is 79.9. The summed E-state index contributed by atoms with van der Waals surface area (Å²) in [5, 5.41) is 8.53. The van der Waals surface area contributed by atoms with E-state index in [4.69, 9.17) is 5.11 Å². The molecule has 0 aliphatic carbocycles. The molecule has 0 saturated heterocycles. The van der Waals surface area contributed by atoms with Crippen molar-refractivity contribution < 1.29 is 18.7 Å². The molecule has 1 rings (SSSR count). The van der Waals surface area contributed by atoms with Crippen LogP contribution in [0.5, 0.6) is 0 Å². The molecule has 0 bridgehead atoms. The first-order valence-electron chi connectivity index (χ1n) is 3.37. The van der Waals surface area contributed by atoms with Gasteiger partial charge in [0.2, 0.25) is 0 Å². The highest BCUT2D eigenvalue weighted by Gasteiger charge is 2.17. The van der Waals surface area contributed by atoms with Gasteiger partial charge in [0.15, 0.2) is 0 Å². The number of aromatic amines is 1. The lowest BCUT2D eigenvalue weighted by Crippen LogP contribution is -2.18. The third kappa shape index (κ3) is 1.98. The van der Waals surface area contributed by atoms with Gasteiger partial charge in [-0.2, -0.15) is 0 Å². The molecule has 7 heteroatoms. The van der Waals surface area contributed by atoms with Gasteiger partial charge < -0.3 is 10.1 Å². The largest absolute Gasteiger partial charge is 0.477 e. The molecule has 0 radical (unpaired) electrons. The van der Waals surface area contributed by atoms with Crippen LogP contribution >= 0.6 is 15.9 Å². The fourth-order valence-corrected chi connectivity index (χ4v) is 1.35. The number of alkyl halides is 2. The number of pyridine rings is 1. The Morgan fingerprint density at radius 1 is 1.57 bits per heavy atom. The van der Waals surface area contributed by atoms with Crippen molar-refractivity contribution in [2.45, 2.75) is 6.43 Å². The molecule has 0 spiro atoms. The van der Waals surface area contributed by atoms with E-state index in [0.717, 1.165) is 6.07 Å². The standard InChI is InChI=1S/C7H4BrF2NO3/c8-3-1-2(5(9)10)6(12)11-4(3)7(13)14/h1,5H,(H,11,12)(H,13,14). The van der Waals surface area contributed by atoms with Crippen LogP contribution in [0.25, 0.3) is 0 Å². The van der Waals surface area contributed by atoms with E-state index >= 15 is 0 Å². The second-order valence-electron chi connectivity index (χ2n) is 2.38. The number of nitrogens with one attached hydrogen (secondary N) is 1. The molecule has 2 N–H and O–H groups in total. The van der Waals surface area contributed by atoms with Gasteiger partial charge in [-0.1, -0.05) is 0 Å². The Morgan fingerprint density at radius 2 is 2.14 bits per heavy atom. The number of carboxylic acid groups (broad SMARTS) is 1. The highest BCUT2D eigenvalue weighted by Crippen LogP contribution is 2.20. The first kappa shape index (κ1) is 10.8. The molecule has 0 amide bonds. The minimum atomic E-state index is -2.93. The molecule has 0 atom stereocenters. The van der Waals surface area contributed by atoms with Crippen molar-refractivity contribution in [3.63, 3.8) is 0 Å². The number of aromatic nitrogens is 1. The Hall–Kier alpha value is -1.24. The molecule has 14 heavy (non-hydrogen) atoms. The number of hydrogen-bond donors (Lipinski definition) is 2. The van der Waals surface area contributed by atoms with Crippen molar-refractivity contribution in [1.82, 2.24) is 4.98 Å². The molecular formula is C7H4BrF2NO3. The zero-order valence-electron chi connectivity index (χ0n) is 6.55. The van der Waals surface area contributed by atoms with Gasteiger partial charge in [0.25, 0.3) is 12.0 Å². The molecule has 0 saturated carbocycles. The van der Waals surface area contributed by atoms with Crippen LogP contribution in [0.15, 0.2) is 15.3 Å². The van der Waals surface area contributed by atoms with Crippen LogP contribution < -0.4 is 5.56 Å². The number of H-pyrrole nitrogens is 1. The molecule has 0 aliphatic heterocycles. The van der Waals surface area contributed by atoms with E-state index in [-0.39, 0.29) is 4.47 Å². The quantitative estimate of drug-likeness (QED) is 0.858. The average molecular weight is 268 g/mol. The number of aromatic carboxylic acids is 1. The van der Waals surface area contributed by atoms with E-state index in [0.29, 0.717) is 0 Å². The fraction of sp³-hybridized carbons (Fsp3) is 0.143. The summed E-state index contributed by atoms with van der Waals surface area (Å²) in [7, 11) is 0. The van der Waals surface area contributed by atoms with E-state index in [9.17, 15) is 18.4 Å². The van der Waals surface area contributed by atoms with Gasteiger partial charge in [-0.3, -0.25) is 4.79 Å². The highest BCUT2D eigenvalue weighted by molar-refractivity contribution is 9.10. The van der Waals surface area contributed by atoms with Crippen molar-refractivity contribution in [3.8, 4) is 0 Å². The van der Waals surface area contributed by atoms with Gasteiger partial charge in [0.05, 0.1) is 5.56 Å².